The monoisotopic (exact) mass is 243 g/mol. The van der Waals surface area contributed by atoms with Gasteiger partial charge >= 0.3 is 0 Å². The number of nitrogens with zero attached hydrogens (tertiary/aromatic N) is 2. The van der Waals surface area contributed by atoms with E-state index in [0.29, 0.717) is 6.61 Å². The van der Waals surface area contributed by atoms with Crippen LogP contribution in [0.5, 0.6) is 5.75 Å². The Balaban J connectivity index is 1.83. The van der Waals surface area contributed by atoms with Crippen molar-refractivity contribution in [2.45, 2.75) is 19.4 Å². The lowest BCUT2D eigenvalue weighted by Crippen LogP contribution is -2.07. The van der Waals surface area contributed by atoms with Gasteiger partial charge in [-0.2, -0.15) is 0 Å². The average Bonchev–Trinajstić information content (AvgIpc) is 2.40. The Labute approximate surface area is 107 Å². The van der Waals surface area contributed by atoms with E-state index in [2.05, 4.69) is 9.97 Å². The molecular weight excluding hydrogens is 226 g/mol. The van der Waals surface area contributed by atoms with E-state index in [1.807, 2.05) is 37.3 Å². The maximum atomic E-state index is 5.73. The van der Waals surface area contributed by atoms with Gasteiger partial charge in [0.25, 0.3) is 0 Å². The minimum atomic E-state index is -0.0485. The lowest BCUT2D eigenvalue weighted by atomic mass is 10.2. The van der Waals surface area contributed by atoms with Crippen LogP contribution in [0, 0.1) is 0 Å². The van der Waals surface area contributed by atoms with E-state index in [1.54, 1.807) is 12.4 Å². The number of ether oxygens (including phenoxy) is 1. The Kier molecular flexibility index (Phi) is 4.25. The van der Waals surface area contributed by atoms with E-state index in [4.69, 9.17) is 10.5 Å². The van der Waals surface area contributed by atoms with Crippen LogP contribution in [0.3, 0.4) is 0 Å². The molecule has 0 aliphatic carbocycles. The van der Waals surface area contributed by atoms with Crippen LogP contribution in [-0.4, -0.2) is 16.6 Å². The summed E-state index contributed by atoms with van der Waals surface area (Å²) in [6.45, 7) is 2.50. The van der Waals surface area contributed by atoms with Crippen molar-refractivity contribution in [3.8, 4) is 5.75 Å². The van der Waals surface area contributed by atoms with E-state index in [-0.39, 0.29) is 6.04 Å². The lowest BCUT2D eigenvalue weighted by molar-refractivity contribution is 0.319. The summed E-state index contributed by atoms with van der Waals surface area (Å²) >= 11 is 0. The van der Waals surface area contributed by atoms with Crippen molar-refractivity contribution in [2.75, 3.05) is 6.61 Å². The first kappa shape index (κ1) is 12.5. The molecule has 2 aromatic rings. The molecule has 0 saturated carbocycles. The summed E-state index contributed by atoms with van der Waals surface area (Å²) < 4.78 is 5.60. The molecule has 4 heteroatoms. The van der Waals surface area contributed by atoms with Gasteiger partial charge in [0.2, 0.25) is 0 Å². The molecule has 2 rings (SSSR count). The highest BCUT2D eigenvalue weighted by Crippen LogP contribution is 2.12. The number of nitrogens with two attached hydrogens (primary N) is 1. The van der Waals surface area contributed by atoms with Crippen molar-refractivity contribution in [1.29, 1.82) is 0 Å². The molecule has 0 amide bonds. The van der Waals surface area contributed by atoms with Gasteiger partial charge in [-0.25, -0.2) is 0 Å². The van der Waals surface area contributed by atoms with Gasteiger partial charge in [-0.05, 0) is 31.2 Å². The summed E-state index contributed by atoms with van der Waals surface area (Å²) in [5.41, 5.74) is 7.62. The number of hydrogen-bond acceptors (Lipinski definition) is 4. The molecule has 18 heavy (non-hydrogen) atoms. The zero-order chi connectivity index (χ0) is 12.8. The Hall–Kier alpha value is -1.94. The zero-order valence-corrected chi connectivity index (χ0v) is 10.4. The zero-order valence-electron chi connectivity index (χ0n) is 10.4. The topological polar surface area (TPSA) is 61.0 Å². The van der Waals surface area contributed by atoms with Gasteiger partial charge in [-0.3, -0.25) is 9.97 Å². The maximum Gasteiger partial charge on any atom is 0.137 e. The van der Waals surface area contributed by atoms with Crippen LogP contribution in [0.15, 0.2) is 42.7 Å². The van der Waals surface area contributed by atoms with Crippen LogP contribution in [0.25, 0.3) is 0 Å². The Morgan fingerprint density at radius 3 is 2.72 bits per heavy atom. The van der Waals surface area contributed by atoms with Gasteiger partial charge in [0.05, 0.1) is 18.5 Å². The minimum Gasteiger partial charge on any atom is -0.492 e. The third-order valence-corrected chi connectivity index (χ3v) is 2.58. The lowest BCUT2D eigenvalue weighted by Gasteiger charge is -2.07. The van der Waals surface area contributed by atoms with Crippen molar-refractivity contribution in [3.63, 3.8) is 0 Å². The fourth-order valence-corrected chi connectivity index (χ4v) is 1.57. The standard InChI is InChI=1S/C14H17N3O/c1-11(15)14-6-5-13(10-17-14)18-9-7-12-4-2-3-8-16-12/h2-6,8,10-11H,7,9,15H2,1H3/t11-/m0/s1. The third kappa shape index (κ3) is 3.53. The molecule has 0 aliphatic heterocycles. The molecule has 0 radical (unpaired) electrons. The summed E-state index contributed by atoms with van der Waals surface area (Å²) in [6, 6.07) is 9.60. The summed E-state index contributed by atoms with van der Waals surface area (Å²) in [4.78, 5) is 8.47. The summed E-state index contributed by atoms with van der Waals surface area (Å²) in [6.07, 6.45) is 4.28. The number of rotatable bonds is 5. The first-order valence-corrected chi connectivity index (χ1v) is 6.00. The van der Waals surface area contributed by atoms with E-state index in [9.17, 15) is 0 Å². The minimum absolute atomic E-state index is 0.0485. The van der Waals surface area contributed by atoms with Gasteiger partial charge in [-0.1, -0.05) is 6.07 Å². The molecular formula is C14H17N3O. The van der Waals surface area contributed by atoms with Crippen LogP contribution in [0.4, 0.5) is 0 Å². The van der Waals surface area contributed by atoms with Gasteiger partial charge < -0.3 is 10.5 Å². The van der Waals surface area contributed by atoms with Crippen molar-refractivity contribution in [3.05, 3.63) is 54.1 Å². The summed E-state index contributed by atoms with van der Waals surface area (Å²) in [5, 5.41) is 0. The fraction of sp³-hybridized carbons (Fsp3) is 0.286. The predicted octanol–water partition coefficient (Wildman–Crippen LogP) is 2.12. The molecule has 0 spiro atoms. The largest absolute Gasteiger partial charge is 0.492 e. The molecule has 0 aromatic carbocycles. The molecule has 2 N–H and O–H groups in total. The molecule has 0 aliphatic rings. The van der Waals surface area contributed by atoms with Crippen LogP contribution >= 0.6 is 0 Å². The second kappa shape index (κ2) is 6.12. The second-order valence-electron chi connectivity index (χ2n) is 4.13. The Bertz CT molecular complexity index is 468. The van der Waals surface area contributed by atoms with Gasteiger partial charge in [0.15, 0.2) is 0 Å². The molecule has 2 aromatic heterocycles. The fourth-order valence-electron chi connectivity index (χ4n) is 1.57. The molecule has 94 valence electrons. The first-order valence-electron chi connectivity index (χ1n) is 6.00. The normalized spacial score (nSPS) is 12.1. The van der Waals surface area contributed by atoms with Gasteiger partial charge in [-0.15, -0.1) is 0 Å². The third-order valence-electron chi connectivity index (χ3n) is 2.58. The van der Waals surface area contributed by atoms with E-state index < -0.39 is 0 Å². The number of hydrogen-bond donors (Lipinski definition) is 1. The summed E-state index contributed by atoms with van der Waals surface area (Å²) in [7, 11) is 0. The van der Waals surface area contributed by atoms with Gasteiger partial charge in [0.1, 0.15) is 5.75 Å². The SMILES string of the molecule is C[C@H](N)c1ccc(OCCc2ccccn2)cn1. The number of aromatic nitrogens is 2. The van der Waals surface area contributed by atoms with Crippen LogP contribution in [0.1, 0.15) is 24.4 Å². The van der Waals surface area contributed by atoms with Crippen LogP contribution < -0.4 is 10.5 Å². The molecule has 1 atom stereocenters. The number of pyridine rings is 2. The summed E-state index contributed by atoms with van der Waals surface area (Å²) in [5.74, 6) is 0.760. The first-order chi connectivity index (χ1) is 8.75. The van der Waals surface area contributed by atoms with Crippen LogP contribution in [0.2, 0.25) is 0 Å². The molecule has 0 unspecified atom stereocenters. The quantitative estimate of drug-likeness (QED) is 0.873. The molecule has 0 fully saturated rings. The Morgan fingerprint density at radius 1 is 1.22 bits per heavy atom. The van der Waals surface area contributed by atoms with E-state index in [1.165, 1.54) is 0 Å². The van der Waals surface area contributed by atoms with Gasteiger partial charge in [0, 0.05) is 24.4 Å². The molecule has 4 nitrogen and oxygen atoms in total. The van der Waals surface area contributed by atoms with Crippen molar-refractivity contribution < 1.29 is 4.74 Å². The highest BCUT2D eigenvalue weighted by Gasteiger charge is 2.01. The van der Waals surface area contributed by atoms with E-state index in [0.717, 1.165) is 23.6 Å². The molecule has 0 saturated heterocycles. The van der Waals surface area contributed by atoms with Crippen molar-refractivity contribution in [2.24, 2.45) is 5.73 Å². The Morgan fingerprint density at radius 2 is 2.11 bits per heavy atom. The maximum absolute atomic E-state index is 5.73. The van der Waals surface area contributed by atoms with E-state index >= 15 is 0 Å². The molecule has 2 heterocycles. The van der Waals surface area contributed by atoms with Crippen molar-refractivity contribution in [1.82, 2.24) is 9.97 Å². The predicted molar refractivity (Wildman–Crippen MR) is 70.3 cm³/mol. The second-order valence-corrected chi connectivity index (χ2v) is 4.13. The highest BCUT2D eigenvalue weighted by atomic mass is 16.5. The van der Waals surface area contributed by atoms with Crippen LogP contribution in [-0.2, 0) is 6.42 Å². The highest BCUT2D eigenvalue weighted by molar-refractivity contribution is 5.21. The average molecular weight is 243 g/mol. The smallest absolute Gasteiger partial charge is 0.137 e. The van der Waals surface area contributed by atoms with Crippen molar-refractivity contribution >= 4 is 0 Å². The molecule has 0 bridgehead atoms.